The summed E-state index contributed by atoms with van der Waals surface area (Å²) in [6.45, 7) is 0. The zero-order valence-corrected chi connectivity index (χ0v) is 9.08. The summed E-state index contributed by atoms with van der Waals surface area (Å²) in [5.41, 5.74) is 0. The fraction of sp³-hybridized carbons (Fsp3) is 0. The SMILES string of the molecule is [Na+].[Na+].[O-]Cl.[O-]Cl. The van der Waals surface area contributed by atoms with E-state index in [0.717, 1.165) is 0 Å². The van der Waals surface area contributed by atoms with Crippen LogP contribution >= 0.6 is 23.7 Å². The average Bonchev–Trinajstić information content (AvgIpc) is 1.50. The van der Waals surface area contributed by atoms with E-state index in [-0.39, 0.29) is 59.1 Å². The topological polar surface area (TPSA) is 46.1 Å². The van der Waals surface area contributed by atoms with Gasteiger partial charge >= 0.3 is 59.1 Å². The van der Waals surface area contributed by atoms with Gasteiger partial charge in [-0.1, -0.05) is 0 Å². The second kappa shape index (κ2) is 50.7. The molecular formula is Cl2Na2O2. The van der Waals surface area contributed by atoms with Crippen LogP contribution in [0.2, 0.25) is 0 Å². The molecule has 0 atom stereocenters. The minimum Gasteiger partial charge on any atom is -0.769 e. The Kier molecular flexibility index (Phi) is 200. The van der Waals surface area contributed by atoms with E-state index in [4.69, 9.17) is 9.32 Å². The van der Waals surface area contributed by atoms with Crippen molar-refractivity contribution >= 4 is 23.7 Å². The Morgan fingerprint density at radius 3 is 0.667 bits per heavy atom. The minimum absolute atomic E-state index is 0. The predicted molar refractivity (Wildman–Crippen MR) is 11.7 cm³/mol. The number of rotatable bonds is 0. The smallest absolute Gasteiger partial charge is 0.769 e. The molecular weight excluding hydrogens is 149 g/mol. The summed E-state index contributed by atoms with van der Waals surface area (Å²) in [4.78, 5) is 0. The maximum Gasteiger partial charge on any atom is 1.00 e. The van der Waals surface area contributed by atoms with E-state index in [1.54, 1.807) is 0 Å². The van der Waals surface area contributed by atoms with Crippen LogP contribution in [-0.4, -0.2) is 0 Å². The first kappa shape index (κ1) is 23.6. The van der Waals surface area contributed by atoms with Gasteiger partial charge in [-0.3, -0.25) is 0 Å². The van der Waals surface area contributed by atoms with Crippen molar-refractivity contribution in [2.24, 2.45) is 0 Å². The van der Waals surface area contributed by atoms with E-state index in [2.05, 4.69) is 23.7 Å². The number of halogens is 2. The molecule has 0 amide bonds. The molecule has 0 aliphatic rings. The summed E-state index contributed by atoms with van der Waals surface area (Å²) in [7, 11) is 0. The van der Waals surface area contributed by atoms with Gasteiger partial charge in [-0.05, 0) is 0 Å². The fourth-order valence-electron chi connectivity index (χ4n) is 0. The maximum absolute atomic E-state index is 7.72. The van der Waals surface area contributed by atoms with Gasteiger partial charge in [0.15, 0.2) is 0 Å². The summed E-state index contributed by atoms with van der Waals surface area (Å²) in [6.07, 6.45) is 0. The molecule has 0 bridgehead atoms. The van der Waals surface area contributed by atoms with E-state index in [1.807, 2.05) is 0 Å². The summed E-state index contributed by atoms with van der Waals surface area (Å²) >= 11 is 6.78. The average molecular weight is 149 g/mol. The van der Waals surface area contributed by atoms with Crippen LogP contribution in [0.5, 0.6) is 0 Å². The van der Waals surface area contributed by atoms with Crippen LogP contribution < -0.4 is 68.4 Å². The van der Waals surface area contributed by atoms with E-state index < -0.39 is 0 Å². The zero-order chi connectivity index (χ0) is 4.00. The van der Waals surface area contributed by atoms with Gasteiger partial charge in [0.2, 0.25) is 0 Å². The van der Waals surface area contributed by atoms with Crippen molar-refractivity contribution in [3.8, 4) is 0 Å². The van der Waals surface area contributed by atoms with E-state index in [1.165, 1.54) is 0 Å². The van der Waals surface area contributed by atoms with Gasteiger partial charge in [-0.15, -0.1) is 0 Å². The molecule has 0 unspecified atom stereocenters. The monoisotopic (exact) mass is 148 g/mol. The molecule has 0 aromatic carbocycles. The normalized spacial score (nSPS) is 2.00. The largest absolute Gasteiger partial charge is 1.00 e. The molecule has 0 saturated carbocycles. The van der Waals surface area contributed by atoms with Crippen molar-refractivity contribution in [1.29, 1.82) is 0 Å². The van der Waals surface area contributed by atoms with Crippen LogP contribution in [0.1, 0.15) is 0 Å². The standard InChI is InChI=1S/2ClO.2Na/c2*1-2;;/q2*-1;2*+1. The quantitative estimate of drug-likeness (QED) is 0.321. The van der Waals surface area contributed by atoms with Gasteiger partial charge in [0.05, 0.1) is 0 Å². The molecule has 0 radical (unpaired) electrons. The molecule has 0 aliphatic carbocycles. The first-order valence-corrected chi connectivity index (χ1v) is 0.926. The molecule has 0 heterocycles. The molecule has 6 heavy (non-hydrogen) atoms. The molecule has 0 aromatic heterocycles. The fourth-order valence-corrected chi connectivity index (χ4v) is 0. The molecule has 0 N–H and O–H groups in total. The summed E-state index contributed by atoms with van der Waals surface area (Å²) < 4.78 is 15.4. The predicted octanol–water partition coefficient (Wildman–Crippen LogP) is -6.99. The first-order valence-electron chi connectivity index (χ1n) is 0.309. The van der Waals surface area contributed by atoms with Crippen LogP contribution in [0.4, 0.5) is 0 Å². The van der Waals surface area contributed by atoms with Gasteiger partial charge in [-0.2, -0.15) is 0 Å². The van der Waals surface area contributed by atoms with Crippen molar-refractivity contribution < 1.29 is 68.4 Å². The third-order valence-corrected chi connectivity index (χ3v) is 0. The Morgan fingerprint density at radius 1 is 0.667 bits per heavy atom. The van der Waals surface area contributed by atoms with Crippen LogP contribution in [0.15, 0.2) is 0 Å². The van der Waals surface area contributed by atoms with Crippen LogP contribution in [-0.2, 0) is 0 Å². The van der Waals surface area contributed by atoms with Crippen LogP contribution in [0.3, 0.4) is 0 Å². The minimum atomic E-state index is 0. The molecule has 2 nitrogen and oxygen atoms in total. The van der Waals surface area contributed by atoms with Gasteiger partial charge in [0.25, 0.3) is 0 Å². The van der Waals surface area contributed by atoms with Gasteiger partial charge < -0.3 is 9.32 Å². The number of hydrogen-bond donors (Lipinski definition) is 0. The zero-order valence-electron chi connectivity index (χ0n) is 3.57. The third-order valence-electron chi connectivity index (χ3n) is 0. The summed E-state index contributed by atoms with van der Waals surface area (Å²) in [6, 6.07) is 0. The van der Waals surface area contributed by atoms with Crippen molar-refractivity contribution in [3.05, 3.63) is 0 Å². The van der Waals surface area contributed by atoms with E-state index in [0.29, 0.717) is 0 Å². The first-order chi connectivity index (χ1) is 2.00. The van der Waals surface area contributed by atoms with E-state index in [9.17, 15) is 0 Å². The summed E-state index contributed by atoms with van der Waals surface area (Å²) in [5.74, 6) is 0. The van der Waals surface area contributed by atoms with Gasteiger partial charge in [0, 0.05) is 0 Å². The van der Waals surface area contributed by atoms with Crippen LogP contribution in [0, 0.1) is 0 Å². The van der Waals surface area contributed by atoms with E-state index >= 15 is 0 Å². The Balaban J connectivity index is -0.00000000500. The molecule has 28 valence electrons. The van der Waals surface area contributed by atoms with Crippen LogP contribution in [0.25, 0.3) is 0 Å². The molecule has 0 fully saturated rings. The Hall–Kier alpha value is 2.50. The molecule has 0 spiro atoms. The second-order valence-electron chi connectivity index (χ2n) is 0. The number of hydrogen-bond acceptors (Lipinski definition) is 2. The molecule has 0 aliphatic heterocycles. The van der Waals surface area contributed by atoms with Crippen molar-refractivity contribution in [2.45, 2.75) is 0 Å². The van der Waals surface area contributed by atoms with Crippen molar-refractivity contribution in [2.75, 3.05) is 0 Å². The maximum atomic E-state index is 7.72. The van der Waals surface area contributed by atoms with Crippen molar-refractivity contribution in [3.63, 3.8) is 0 Å². The van der Waals surface area contributed by atoms with Gasteiger partial charge in [-0.25, -0.2) is 23.7 Å². The van der Waals surface area contributed by atoms with Crippen molar-refractivity contribution in [1.82, 2.24) is 0 Å². The molecule has 0 rings (SSSR count). The molecule has 0 saturated heterocycles. The second-order valence-corrected chi connectivity index (χ2v) is 0. The third kappa shape index (κ3) is 31.5. The molecule has 6 heteroatoms. The molecule has 0 aromatic rings. The summed E-state index contributed by atoms with van der Waals surface area (Å²) in [5, 5.41) is 0. The Labute approximate surface area is 90.7 Å². The Morgan fingerprint density at radius 2 is 0.667 bits per heavy atom. The Bertz CT molecular complexity index is 9.51. The van der Waals surface area contributed by atoms with Gasteiger partial charge in [0.1, 0.15) is 0 Å².